The highest BCUT2D eigenvalue weighted by Gasteiger charge is 2.12. The molecule has 1 rings (SSSR count). The van der Waals surface area contributed by atoms with E-state index >= 15 is 0 Å². The SMILES string of the molecule is COC(=O)c1s[c]cc1F. The topological polar surface area (TPSA) is 26.3 Å². The van der Waals surface area contributed by atoms with Crippen LogP contribution in [0, 0.1) is 11.2 Å². The number of esters is 1. The smallest absolute Gasteiger partial charge is 0.351 e. The molecule has 0 aliphatic rings. The molecule has 1 heterocycles. The van der Waals surface area contributed by atoms with Crippen LogP contribution in [0.3, 0.4) is 0 Å². The Labute approximate surface area is 61.2 Å². The molecule has 1 aromatic heterocycles. The van der Waals surface area contributed by atoms with Crippen molar-refractivity contribution in [1.29, 1.82) is 0 Å². The summed E-state index contributed by atoms with van der Waals surface area (Å²) in [5, 5.41) is 2.48. The van der Waals surface area contributed by atoms with Gasteiger partial charge in [0.25, 0.3) is 0 Å². The molecule has 0 aliphatic heterocycles. The molecule has 1 aromatic rings. The van der Waals surface area contributed by atoms with Crippen LogP contribution in [0.1, 0.15) is 9.67 Å². The number of halogens is 1. The Kier molecular flexibility index (Phi) is 2.01. The summed E-state index contributed by atoms with van der Waals surface area (Å²) >= 11 is 0.908. The van der Waals surface area contributed by atoms with Crippen LogP contribution >= 0.6 is 11.3 Å². The summed E-state index contributed by atoms with van der Waals surface area (Å²) in [7, 11) is 1.21. The van der Waals surface area contributed by atoms with Crippen LogP contribution in [-0.2, 0) is 4.74 Å². The van der Waals surface area contributed by atoms with Gasteiger partial charge in [0.15, 0.2) is 0 Å². The number of methoxy groups -OCH3 is 1. The van der Waals surface area contributed by atoms with Crippen molar-refractivity contribution in [2.45, 2.75) is 0 Å². The van der Waals surface area contributed by atoms with Gasteiger partial charge in [-0.1, -0.05) is 0 Å². The first-order valence-electron chi connectivity index (χ1n) is 2.49. The molecule has 0 aromatic carbocycles. The monoisotopic (exact) mass is 159 g/mol. The summed E-state index contributed by atoms with van der Waals surface area (Å²) in [4.78, 5) is 10.6. The molecule has 53 valence electrons. The maximum atomic E-state index is 12.5. The maximum absolute atomic E-state index is 12.5. The lowest BCUT2D eigenvalue weighted by Crippen LogP contribution is -1.99. The highest BCUT2D eigenvalue weighted by atomic mass is 32.1. The Morgan fingerprint density at radius 1 is 1.90 bits per heavy atom. The van der Waals surface area contributed by atoms with E-state index in [0.29, 0.717) is 0 Å². The second kappa shape index (κ2) is 2.79. The summed E-state index contributed by atoms with van der Waals surface area (Å²) in [5.74, 6) is -1.22. The summed E-state index contributed by atoms with van der Waals surface area (Å²) in [6.45, 7) is 0. The summed E-state index contributed by atoms with van der Waals surface area (Å²) in [5.41, 5.74) is 0. The average Bonchev–Trinajstić information content (AvgIpc) is 2.34. The summed E-state index contributed by atoms with van der Waals surface area (Å²) < 4.78 is 16.8. The fraction of sp³-hybridized carbons (Fsp3) is 0.167. The Morgan fingerprint density at radius 3 is 3.00 bits per heavy atom. The molecule has 0 saturated heterocycles. The molecule has 2 nitrogen and oxygen atoms in total. The first-order chi connectivity index (χ1) is 4.75. The Morgan fingerprint density at radius 2 is 2.60 bits per heavy atom. The highest BCUT2D eigenvalue weighted by Crippen LogP contribution is 2.14. The third kappa shape index (κ3) is 1.16. The van der Waals surface area contributed by atoms with Gasteiger partial charge in [0, 0.05) is 5.38 Å². The quantitative estimate of drug-likeness (QED) is 0.580. The number of rotatable bonds is 1. The summed E-state index contributed by atoms with van der Waals surface area (Å²) in [6.07, 6.45) is 0. The maximum Gasteiger partial charge on any atom is 0.351 e. The van der Waals surface area contributed by atoms with Gasteiger partial charge in [-0.15, -0.1) is 11.3 Å². The minimum atomic E-state index is -0.649. The lowest BCUT2D eigenvalue weighted by Gasteiger charge is -1.92. The normalized spacial score (nSPS) is 9.40. The van der Waals surface area contributed by atoms with Gasteiger partial charge in [0.05, 0.1) is 7.11 Å². The van der Waals surface area contributed by atoms with Gasteiger partial charge < -0.3 is 4.74 Å². The van der Waals surface area contributed by atoms with Crippen LogP contribution in [0.4, 0.5) is 4.39 Å². The van der Waals surface area contributed by atoms with E-state index in [2.05, 4.69) is 10.1 Å². The molecular formula is C6H4FO2S. The molecule has 0 bridgehead atoms. The fourth-order valence-corrected chi connectivity index (χ4v) is 1.09. The van der Waals surface area contributed by atoms with Gasteiger partial charge in [0.1, 0.15) is 10.7 Å². The molecule has 0 fully saturated rings. The Balaban J connectivity index is 2.93. The lowest BCUT2D eigenvalue weighted by atomic mass is 10.4. The Bertz CT molecular complexity index is 244. The van der Waals surface area contributed by atoms with Crippen molar-refractivity contribution in [2.75, 3.05) is 7.11 Å². The molecule has 0 atom stereocenters. The number of hydrogen-bond acceptors (Lipinski definition) is 3. The number of carbonyl (C=O) groups excluding carboxylic acids is 1. The van der Waals surface area contributed by atoms with Crippen LogP contribution in [0.25, 0.3) is 0 Å². The van der Waals surface area contributed by atoms with Crippen molar-refractivity contribution in [3.05, 3.63) is 22.1 Å². The van der Waals surface area contributed by atoms with Gasteiger partial charge in [0.2, 0.25) is 0 Å². The predicted molar refractivity (Wildman–Crippen MR) is 34.5 cm³/mol. The van der Waals surface area contributed by atoms with Crippen LogP contribution in [0.15, 0.2) is 6.07 Å². The van der Waals surface area contributed by atoms with E-state index in [4.69, 9.17) is 0 Å². The second-order valence-electron chi connectivity index (χ2n) is 1.53. The van der Waals surface area contributed by atoms with Crippen LogP contribution in [-0.4, -0.2) is 13.1 Å². The zero-order valence-corrected chi connectivity index (χ0v) is 6.00. The van der Waals surface area contributed by atoms with E-state index in [1.54, 1.807) is 0 Å². The third-order valence-electron chi connectivity index (χ3n) is 0.934. The molecule has 0 spiro atoms. The zero-order valence-electron chi connectivity index (χ0n) is 5.18. The van der Waals surface area contributed by atoms with Crippen molar-refractivity contribution in [2.24, 2.45) is 0 Å². The second-order valence-corrected chi connectivity index (χ2v) is 2.38. The van der Waals surface area contributed by atoms with Gasteiger partial charge in [-0.05, 0) is 6.07 Å². The molecule has 0 unspecified atom stereocenters. The first-order valence-corrected chi connectivity index (χ1v) is 3.31. The molecular weight excluding hydrogens is 155 g/mol. The molecule has 1 radical (unpaired) electrons. The molecule has 0 saturated carbocycles. The van der Waals surface area contributed by atoms with Crippen molar-refractivity contribution < 1.29 is 13.9 Å². The van der Waals surface area contributed by atoms with Gasteiger partial charge in [-0.2, -0.15) is 0 Å². The van der Waals surface area contributed by atoms with Gasteiger partial charge >= 0.3 is 5.97 Å². The summed E-state index contributed by atoms with van der Waals surface area (Å²) in [6, 6.07) is 1.11. The number of hydrogen-bond donors (Lipinski definition) is 0. The molecule has 4 heteroatoms. The Hall–Kier alpha value is -0.900. The van der Waals surface area contributed by atoms with E-state index in [1.165, 1.54) is 7.11 Å². The first kappa shape index (κ1) is 7.21. The van der Waals surface area contributed by atoms with Crippen LogP contribution < -0.4 is 0 Å². The zero-order chi connectivity index (χ0) is 7.56. The minimum Gasteiger partial charge on any atom is -0.465 e. The number of ether oxygens (including phenoxy) is 1. The predicted octanol–water partition coefficient (Wildman–Crippen LogP) is 1.47. The van der Waals surface area contributed by atoms with Crippen LogP contribution in [0.5, 0.6) is 0 Å². The number of thiophene rings is 1. The minimum absolute atomic E-state index is 0.0255. The van der Waals surface area contributed by atoms with Crippen LogP contribution in [0.2, 0.25) is 0 Å². The van der Waals surface area contributed by atoms with E-state index in [-0.39, 0.29) is 4.88 Å². The standard InChI is InChI=1S/C6H4FO2S/c1-9-6(8)5-4(7)2-3-10-5/h2H,1H3. The molecule has 0 aliphatic carbocycles. The van der Waals surface area contributed by atoms with Gasteiger partial charge in [-0.25, -0.2) is 9.18 Å². The molecule has 0 N–H and O–H groups in total. The third-order valence-corrected chi connectivity index (χ3v) is 1.74. The van der Waals surface area contributed by atoms with Crippen molar-refractivity contribution >= 4 is 17.3 Å². The fourth-order valence-electron chi connectivity index (χ4n) is 0.486. The van der Waals surface area contributed by atoms with E-state index in [1.807, 2.05) is 0 Å². The van der Waals surface area contributed by atoms with E-state index in [9.17, 15) is 9.18 Å². The number of carbonyl (C=O) groups is 1. The van der Waals surface area contributed by atoms with E-state index in [0.717, 1.165) is 17.4 Å². The van der Waals surface area contributed by atoms with Crippen molar-refractivity contribution in [3.63, 3.8) is 0 Å². The largest absolute Gasteiger partial charge is 0.465 e. The van der Waals surface area contributed by atoms with Crippen molar-refractivity contribution in [1.82, 2.24) is 0 Å². The lowest BCUT2D eigenvalue weighted by molar-refractivity contribution is 0.0601. The van der Waals surface area contributed by atoms with Gasteiger partial charge in [-0.3, -0.25) is 0 Å². The molecule has 0 amide bonds. The van der Waals surface area contributed by atoms with E-state index < -0.39 is 11.8 Å². The average molecular weight is 159 g/mol. The highest BCUT2D eigenvalue weighted by molar-refractivity contribution is 7.11. The van der Waals surface area contributed by atoms with Crippen molar-refractivity contribution in [3.8, 4) is 0 Å². The molecule has 10 heavy (non-hydrogen) atoms.